The fourth-order valence-electron chi connectivity index (χ4n) is 2.77. The standard InChI is InChI=1S/C21H23N3O4/c1-26-17-12-11-15(13-18(17)27-2)7-6-10-19(25)22-14-20-23-24-21(28-20)16-8-4-3-5-9-16/h3-5,8-9,11-13H,6-7,10,14H2,1-2H3,(H,22,25). The monoisotopic (exact) mass is 381 g/mol. The smallest absolute Gasteiger partial charge is 0.247 e. The molecule has 7 heteroatoms. The maximum Gasteiger partial charge on any atom is 0.247 e. The number of benzene rings is 2. The van der Waals surface area contributed by atoms with Gasteiger partial charge in [-0.3, -0.25) is 4.79 Å². The normalized spacial score (nSPS) is 10.5. The molecular weight excluding hydrogens is 358 g/mol. The first kappa shape index (κ1) is 19.4. The zero-order chi connectivity index (χ0) is 19.8. The molecule has 0 spiro atoms. The summed E-state index contributed by atoms with van der Waals surface area (Å²) in [6, 6.07) is 15.3. The fourth-order valence-corrected chi connectivity index (χ4v) is 2.77. The zero-order valence-corrected chi connectivity index (χ0v) is 16.0. The molecule has 1 aromatic heterocycles. The third kappa shape index (κ3) is 5.09. The van der Waals surface area contributed by atoms with E-state index in [1.54, 1.807) is 14.2 Å². The molecule has 0 radical (unpaired) electrons. The van der Waals surface area contributed by atoms with Crippen molar-refractivity contribution >= 4 is 5.91 Å². The van der Waals surface area contributed by atoms with Crippen LogP contribution in [-0.2, 0) is 17.8 Å². The molecule has 28 heavy (non-hydrogen) atoms. The number of ether oxygens (including phenoxy) is 2. The Bertz CT molecular complexity index is 909. The van der Waals surface area contributed by atoms with Gasteiger partial charge in [0.2, 0.25) is 17.7 Å². The van der Waals surface area contributed by atoms with Crippen LogP contribution in [0, 0.1) is 0 Å². The Labute approximate surface area is 163 Å². The molecule has 1 N–H and O–H groups in total. The fraction of sp³-hybridized carbons (Fsp3) is 0.286. The van der Waals surface area contributed by atoms with Gasteiger partial charge in [-0.1, -0.05) is 24.3 Å². The van der Waals surface area contributed by atoms with E-state index < -0.39 is 0 Å². The topological polar surface area (TPSA) is 86.5 Å². The maximum atomic E-state index is 12.1. The number of hydrogen-bond donors (Lipinski definition) is 1. The van der Waals surface area contributed by atoms with Crippen molar-refractivity contribution in [3.05, 3.63) is 60.0 Å². The Morgan fingerprint density at radius 1 is 1.04 bits per heavy atom. The summed E-state index contributed by atoms with van der Waals surface area (Å²) in [6.07, 6.45) is 1.90. The van der Waals surface area contributed by atoms with E-state index >= 15 is 0 Å². The summed E-state index contributed by atoms with van der Waals surface area (Å²) in [5.41, 5.74) is 1.94. The summed E-state index contributed by atoms with van der Waals surface area (Å²) >= 11 is 0. The first-order valence-corrected chi connectivity index (χ1v) is 9.05. The van der Waals surface area contributed by atoms with Gasteiger partial charge in [0.1, 0.15) is 0 Å². The second kappa shape index (κ2) is 9.55. The van der Waals surface area contributed by atoms with Crippen molar-refractivity contribution in [3.8, 4) is 23.0 Å². The molecule has 3 aromatic rings. The minimum absolute atomic E-state index is 0.0556. The number of aryl methyl sites for hydroxylation is 1. The van der Waals surface area contributed by atoms with Gasteiger partial charge in [-0.2, -0.15) is 0 Å². The van der Waals surface area contributed by atoms with Crippen molar-refractivity contribution in [2.24, 2.45) is 0 Å². The van der Waals surface area contributed by atoms with Crippen LogP contribution in [0.4, 0.5) is 0 Å². The van der Waals surface area contributed by atoms with Gasteiger partial charge in [0, 0.05) is 12.0 Å². The van der Waals surface area contributed by atoms with Crippen molar-refractivity contribution in [2.45, 2.75) is 25.8 Å². The van der Waals surface area contributed by atoms with Gasteiger partial charge in [-0.05, 0) is 42.7 Å². The van der Waals surface area contributed by atoms with E-state index in [1.165, 1.54) is 0 Å². The van der Waals surface area contributed by atoms with Gasteiger partial charge >= 0.3 is 0 Å². The van der Waals surface area contributed by atoms with Gasteiger partial charge in [0.15, 0.2) is 11.5 Å². The van der Waals surface area contributed by atoms with Crippen molar-refractivity contribution in [1.29, 1.82) is 0 Å². The van der Waals surface area contributed by atoms with E-state index in [0.29, 0.717) is 29.7 Å². The van der Waals surface area contributed by atoms with Crippen molar-refractivity contribution in [3.63, 3.8) is 0 Å². The summed E-state index contributed by atoms with van der Waals surface area (Å²) in [6.45, 7) is 0.217. The highest BCUT2D eigenvalue weighted by Gasteiger charge is 2.10. The Morgan fingerprint density at radius 2 is 1.82 bits per heavy atom. The number of amides is 1. The molecule has 0 bridgehead atoms. The molecule has 0 aliphatic carbocycles. The maximum absolute atomic E-state index is 12.1. The van der Waals surface area contributed by atoms with Crippen molar-refractivity contribution < 1.29 is 18.7 Å². The van der Waals surface area contributed by atoms with Gasteiger partial charge < -0.3 is 19.2 Å². The average Bonchev–Trinajstić information content (AvgIpc) is 3.22. The summed E-state index contributed by atoms with van der Waals surface area (Å²) in [4.78, 5) is 12.1. The number of carbonyl (C=O) groups excluding carboxylic acids is 1. The first-order valence-electron chi connectivity index (χ1n) is 9.05. The Balaban J connectivity index is 1.43. The predicted molar refractivity (Wildman–Crippen MR) is 104 cm³/mol. The van der Waals surface area contributed by atoms with E-state index in [0.717, 1.165) is 24.0 Å². The lowest BCUT2D eigenvalue weighted by molar-refractivity contribution is -0.121. The number of hydrogen-bond acceptors (Lipinski definition) is 6. The summed E-state index contributed by atoms with van der Waals surface area (Å²) in [5.74, 6) is 2.15. The molecule has 2 aromatic carbocycles. The second-order valence-electron chi connectivity index (χ2n) is 6.19. The third-order valence-electron chi connectivity index (χ3n) is 4.24. The van der Waals surface area contributed by atoms with Crippen LogP contribution in [0.25, 0.3) is 11.5 Å². The molecule has 1 amide bonds. The van der Waals surface area contributed by atoms with E-state index in [1.807, 2.05) is 48.5 Å². The number of rotatable bonds is 9. The molecule has 0 saturated carbocycles. The Morgan fingerprint density at radius 3 is 2.57 bits per heavy atom. The van der Waals surface area contributed by atoms with Gasteiger partial charge in [0.25, 0.3) is 0 Å². The molecule has 0 unspecified atom stereocenters. The van der Waals surface area contributed by atoms with Crippen LogP contribution < -0.4 is 14.8 Å². The number of nitrogens with zero attached hydrogens (tertiary/aromatic N) is 2. The van der Waals surface area contributed by atoms with E-state index in [9.17, 15) is 4.79 Å². The lowest BCUT2D eigenvalue weighted by Crippen LogP contribution is -2.22. The average molecular weight is 381 g/mol. The summed E-state index contributed by atoms with van der Waals surface area (Å²) in [7, 11) is 3.21. The lowest BCUT2D eigenvalue weighted by Gasteiger charge is -2.09. The third-order valence-corrected chi connectivity index (χ3v) is 4.24. The molecule has 7 nitrogen and oxygen atoms in total. The SMILES string of the molecule is COc1ccc(CCCC(=O)NCc2nnc(-c3ccccc3)o2)cc1OC. The predicted octanol–water partition coefficient (Wildman–Crippen LogP) is 3.39. The highest BCUT2D eigenvalue weighted by atomic mass is 16.5. The van der Waals surface area contributed by atoms with Crippen molar-refractivity contribution in [1.82, 2.24) is 15.5 Å². The van der Waals surface area contributed by atoms with Gasteiger partial charge in [0.05, 0.1) is 20.8 Å². The Hall–Kier alpha value is -3.35. The number of aromatic nitrogens is 2. The highest BCUT2D eigenvalue weighted by Crippen LogP contribution is 2.28. The molecule has 1 heterocycles. The van der Waals surface area contributed by atoms with Crippen molar-refractivity contribution in [2.75, 3.05) is 14.2 Å². The lowest BCUT2D eigenvalue weighted by atomic mass is 10.1. The van der Waals surface area contributed by atoms with Crippen LogP contribution in [0.15, 0.2) is 52.9 Å². The largest absolute Gasteiger partial charge is 0.493 e. The quantitative estimate of drug-likeness (QED) is 0.611. The van der Waals surface area contributed by atoms with Crippen LogP contribution in [0.1, 0.15) is 24.3 Å². The van der Waals surface area contributed by atoms with E-state index in [2.05, 4.69) is 15.5 Å². The minimum atomic E-state index is -0.0556. The second-order valence-corrected chi connectivity index (χ2v) is 6.19. The van der Waals surface area contributed by atoms with Crippen LogP contribution in [-0.4, -0.2) is 30.3 Å². The molecule has 0 saturated heterocycles. The number of carbonyl (C=O) groups is 1. The Kier molecular flexibility index (Phi) is 6.62. The molecule has 0 aliphatic heterocycles. The molecule has 0 aliphatic rings. The minimum Gasteiger partial charge on any atom is -0.493 e. The molecule has 0 atom stereocenters. The molecular formula is C21H23N3O4. The van der Waals surface area contributed by atoms with E-state index in [4.69, 9.17) is 13.9 Å². The number of methoxy groups -OCH3 is 2. The highest BCUT2D eigenvalue weighted by molar-refractivity contribution is 5.75. The first-order chi connectivity index (χ1) is 13.7. The summed E-state index contributed by atoms with van der Waals surface area (Å²) < 4.78 is 16.1. The summed E-state index contributed by atoms with van der Waals surface area (Å²) in [5, 5.41) is 10.8. The number of nitrogens with one attached hydrogen (secondary N) is 1. The van der Waals surface area contributed by atoms with Gasteiger partial charge in [-0.15, -0.1) is 10.2 Å². The van der Waals surface area contributed by atoms with E-state index in [-0.39, 0.29) is 12.5 Å². The van der Waals surface area contributed by atoms with Crippen LogP contribution in [0.5, 0.6) is 11.5 Å². The van der Waals surface area contributed by atoms with Crippen LogP contribution in [0.3, 0.4) is 0 Å². The van der Waals surface area contributed by atoms with Crippen LogP contribution >= 0.6 is 0 Å². The van der Waals surface area contributed by atoms with Gasteiger partial charge in [-0.25, -0.2) is 0 Å². The molecule has 146 valence electrons. The molecule has 3 rings (SSSR count). The zero-order valence-electron chi connectivity index (χ0n) is 16.0. The molecule has 0 fully saturated rings. The van der Waals surface area contributed by atoms with Crippen LogP contribution in [0.2, 0.25) is 0 Å².